The quantitative estimate of drug-likeness (QED) is 0.298. The average Bonchev–Trinajstić information content (AvgIpc) is 2.89. The summed E-state index contributed by atoms with van der Waals surface area (Å²) in [6.45, 7) is 0.530. The third-order valence-corrected chi connectivity index (χ3v) is 6.80. The Labute approximate surface area is 216 Å². The van der Waals surface area contributed by atoms with Crippen molar-refractivity contribution in [3.8, 4) is 11.5 Å². The molecule has 0 fully saturated rings. The van der Waals surface area contributed by atoms with E-state index in [1.165, 1.54) is 16.4 Å². The van der Waals surface area contributed by atoms with Crippen LogP contribution in [0.15, 0.2) is 103 Å². The van der Waals surface area contributed by atoms with Crippen molar-refractivity contribution in [2.24, 2.45) is 0 Å². The first-order chi connectivity index (χ1) is 17.8. The number of carbonyl (C=O) groups excluding carboxylic acids is 1. The van der Waals surface area contributed by atoms with E-state index in [-0.39, 0.29) is 18.3 Å². The highest BCUT2D eigenvalue weighted by Gasteiger charge is 2.18. The predicted octanol–water partition coefficient (Wildman–Crippen LogP) is 5.56. The third-order valence-electron chi connectivity index (χ3n) is 5.66. The molecule has 6 nitrogen and oxygen atoms in total. The molecule has 0 aliphatic heterocycles. The molecule has 190 valence electrons. The van der Waals surface area contributed by atoms with Gasteiger partial charge in [0.1, 0.15) is 17.3 Å². The smallest absolute Gasteiger partial charge is 0.251 e. The molecule has 4 rings (SSSR count). The average molecular weight is 519 g/mol. The van der Waals surface area contributed by atoms with Crippen LogP contribution in [-0.4, -0.2) is 27.1 Å². The minimum atomic E-state index is -3.57. The highest BCUT2D eigenvalue weighted by Crippen LogP contribution is 2.26. The van der Waals surface area contributed by atoms with Crippen molar-refractivity contribution in [2.75, 3.05) is 17.1 Å². The Balaban J connectivity index is 1.37. The number of halogens is 1. The van der Waals surface area contributed by atoms with E-state index >= 15 is 0 Å². The van der Waals surface area contributed by atoms with Gasteiger partial charge in [0.25, 0.3) is 5.91 Å². The molecular weight excluding hydrogens is 491 g/mol. The first kappa shape index (κ1) is 25.9. The Morgan fingerprint density at radius 2 is 1.41 bits per heavy atom. The van der Waals surface area contributed by atoms with Crippen LogP contribution in [-0.2, 0) is 23.0 Å². The molecule has 0 aliphatic carbocycles. The molecule has 0 unspecified atom stereocenters. The van der Waals surface area contributed by atoms with Crippen LogP contribution in [0.1, 0.15) is 21.5 Å². The number of nitrogens with zero attached hydrogens (tertiary/aromatic N) is 1. The van der Waals surface area contributed by atoms with E-state index in [0.29, 0.717) is 35.7 Å². The molecule has 37 heavy (non-hydrogen) atoms. The fourth-order valence-electron chi connectivity index (χ4n) is 3.71. The topological polar surface area (TPSA) is 75.7 Å². The van der Waals surface area contributed by atoms with Crippen molar-refractivity contribution in [3.05, 3.63) is 126 Å². The van der Waals surface area contributed by atoms with E-state index in [9.17, 15) is 17.6 Å². The van der Waals surface area contributed by atoms with Gasteiger partial charge in [0.2, 0.25) is 10.0 Å². The van der Waals surface area contributed by atoms with Crippen molar-refractivity contribution in [1.29, 1.82) is 0 Å². The second-order valence-electron chi connectivity index (χ2n) is 8.51. The van der Waals surface area contributed by atoms with Crippen LogP contribution in [0.25, 0.3) is 0 Å². The number of hydrogen-bond acceptors (Lipinski definition) is 4. The van der Waals surface area contributed by atoms with Gasteiger partial charge in [0.15, 0.2) is 0 Å². The van der Waals surface area contributed by atoms with Gasteiger partial charge >= 0.3 is 0 Å². The maximum atomic E-state index is 13.0. The van der Waals surface area contributed by atoms with Gasteiger partial charge in [-0.25, -0.2) is 12.8 Å². The van der Waals surface area contributed by atoms with Crippen LogP contribution >= 0.6 is 0 Å². The molecule has 0 radical (unpaired) electrons. The van der Waals surface area contributed by atoms with Crippen LogP contribution in [0.5, 0.6) is 11.5 Å². The van der Waals surface area contributed by atoms with E-state index < -0.39 is 10.0 Å². The summed E-state index contributed by atoms with van der Waals surface area (Å²) < 4.78 is 45.2. The molecular formula is C29H27FN2O4S. The van der Waals surface area contributed by atoms with Gasteiger partial charge < -0.3 is 10.1 Å². The van der Waals surface area contributed by atoms with Crippen molar-refractivity contribution < 1.29 is 22.3 Å². The number of nitrogens with one attached hydrogen (secondary N) is 1. The minimum absolute atomic E-state index is 0.115. The van der Waals surface area contributed by atoms with Gasteiger partial charge in [-0.2, -0.15) is 0 Å². The lowest BCUT2D eigenvalue weighted by Crippen LogP contribution is -2.29. The first-order valence-corrected chi connectivity index (χ1v) is 13.5. The summed E-state index contributed by atoms with van der Waals surface area (Å²) >= 11 is 0. The number of para-hydroxylation sites is 1. The van der Waals surface area contributed by atoms with Gasteiger partial charge in [0.05, 0.1) is 18.5 Å². The number of rotatable bonds is 10. The van der Waals surface area contributed by atoms with Crippen LogP contribution in [0.3, 0.4) is 0 Å². The zero-order chi connectivity index (χ0) is 26.3. The van der Waals surface area contributed by atoms with Crippen LogP contribution in [0, 0.1) is 5.82 Å². The first-order valence-electron chi connectivity index (χ1n) is 11.7. The van der Waals surface area contributed by atoms with Crippen LogP contribution in [0.4, 0.5) is 10.1 Å². The standard InChI is InChI=1S/C29H27FN2O4S/c1-37(34,35)32(26-15-17-28(18-16-26)36-27-5-3-2-4-6-27)21-23-7-11-24(12-8-23)29(33)31-20-19-22-9-13-25(30)14-10-22/h2-18H,19-21H2,1H3,(H,31,33). The summed E-state index contributed by atoms with van der Waals surface area (Å²) in [5, 5.41) is 2.84. The molecule has 1 amide bonds. The Morgan fingerprint density at radius 1 is 0.811 bits per heavy atom. The fourth-order valence-corrected chi connectivity index (χ4v) is 4.59. The minimum Gasteiger partial charge on any atom is -0.457 e. The number of benzene rings is 4. The Morgan fingerprint density at radius 3 is 2.03 bits per heavy atom. The lowest BCUT2D eigenvalue weighted by atomic mass is 10.1. The highest BCUT2D eigenvalue weighted by molar-refractivity contribution is 7.92. The van der Waals surface area contributed by atoms with Crippen molar-refractivity contribution in [2.45, 2.75) is 13.0 Å². The Hall–Kier alpha value is -4.17. The van der Waals surface area contributed by atoms with Gasteiger partial charge in [-0.3, -0.25) is 9.10 Å². The Bertz CT molecular complexity index is 1420. The van der Waals surface area contributed by atoms with Gasteiger partial charge in [0, 0.05) is 12.1 Å². The molecule has 4 aromatic carbocycles. The van der Waals surface area contributed by atoms with Crippen LogP contribution in [0.2, 0.25) is 0 Å². The molecule has 4 aromatic rings. The SMILES string of the molecule is CS(=O)(=O)N(Cc1ccc(C(=O)NCCc2ccc(F)cc2)cc1)c1ccc(Oc2ccccc2)cc1. The molecule has 0 aliphatic rings. The second-order valence-corrected chi connectivity index (χ2v) is 10.4. The summed E-state index contributed by atoms with van der Waals surface area (Å²) in [6.07, 6.45) is 1.74. The number of sulfonamides is 1. The number of ether oxygens (including phenoxy) is 1. The van der Waals surface area contributed by atoms with Crippen molar-refractivity contribution in [3.63, 3.8) is 0 Å². The fraction of sp³-hybridized carbons (Fsp3) is 0.138. The van der Waals surface area contributed by atoms with Gasteiger partial charge in [-0.1, -0.05) is 42.5 Å². The molecule has 1 N–H and O–H groups in total. The van der Waals surface area contributed by atoms with Gasteiger partial charge in [-0.15, -0.1) is 0 Å². The molecule has 8 heteroatoms. The number of anilines is 1. The zero-order valence-electron chi connectivity index (χ0n) is 20.3. The van der Waals surface area contributed by atoms with E-state index in [2.05, 4.69) is 5.32 Å². The predicted molar refractivity (Wildman–Crippen MR) is 143 cm³/mol. The molecule has 0 atom stereocenters. The summed E-state index contributed by atoms with van der Waals surface area (Å²) in [5.74, 6) is 0.757. The maximum absolute atomic E-state index is 13.0. The number of hydrogen-bond donors (Lipinski definition) is 1. The largest absolute Gasteiger partial charge is 0.457 e. The summed E-state index contributed by atoms with van der Waals surface area (Å²) in [4.78, 5) is 12.5. The van der Waals surface area contributed by atoms with E-state index in [0.717, 1.165) is 17.4 Å². The molecule has 0 saturated carbocycles. The molecule has 0 spiro atoms. The van der Waals surface area contributed by atoms with Crippen molar-refractivity contribution in [1.82, 2.24) is 5.32 Å². The summed E-state index contributed by atoms with van der Waals surface area (Å²) in [5.41, 5.74) is 2.64. The molecule has 0 bridgehead atoms. The third kappa shape index (κ3) is 7.41. The lowest BCUT2D eigenvalue weighted by molar-refractivity contribution is 0.0954. The lowest BCUT2D eigenvalue weighted by Gasteiger charge is -2.23. The van der Waals surface area contributed by atoms with E-state index in [1.807, 2.05) is 30.3 Å². The normalized spacial score (nSPS) is 11.1. The molecule has 0 heterocycles. The molecule has 0 saturated heterocycles. The maximum Gasteiger partial charge on any atom is 0.251 e. The Kier molecular flexibility index (Phi) is 8.20. The number of amides is 1. The van der Waals surface area contributed by atoms with Crippen LogP contribution < -0.4 is 14.4 Å². The van der Waals surface area contributed by atoms with E-state index in [1.54, 1.807) is 60.7 Å². The van der Waals surface area contributed by atoms with Crippen molar-refractivity contribution >= 4 is 21.6 Å². The van der Waals surface area contributed by atoms with Gasteiger partial charge in [-0.05, 0) is 78.2 Å². The monoisotopic (exact) mass is 518 g/mol. The molecule has 0 aromatic heterocycles. The second kappa shape index (κ2) is 11.7. The highest BCUT2D eigenvalue weighted by atomic mass is 32.2. The zero-order valence-corrected chi connectivity index (χ0v) is 21.1. The van der Waals surface area contributed by atoms with E-state index in [4.69, 9.17) is 4.74 Å². The summed E-state index contributed by atoms with van der Waals surface area (Å²) in [6, 6.07) is 29.1. The number of carbonyl (C=O) groups is 1. The summed E-state index contributed by atoms with van der Waals surface area (Å²) in [7, 11) is -3.57.